The number of hydrogen-bond acceptors (Lipinski definition) is 6. The number of nitro groups is 1. The third-order valence-electron chi connectivity index (χ3n) is 3.44. The number of para-hydroxylation sites is 2. The van der Waals surface area contributed by atoms with E-state index >= 15 is 0 Å². The largest absolute Gasteiger partial charge is 0.378 e. The van der Waals surface area contributed by atoms with Crippen molar-refractivity contribution in [2.75, 3.05) is 29.9 Å². The number of amides is 1. The summed E-state index contributed by atoms with van der Waals surface area (Å²) in [6, 6.07) is 6.23. The van der Waals surface area contributed by atoms with Gasteiger partial charge in [-0.15, -0.1) is 0 Å². The molecule has 2 rings (SSSR count). The molecule has 1 atom stereocenters. The summed E-state index contributed by atoms with van der Waals surface area (Å²) in [5.74, 6) is -0.822. The maximum atomic E-state index is 11.8. The van der Waals surface area contributed by atoms with E-state index in [1.807, 2.05) is 0 Å². The minimum Gasteiger partial charge on any atom is -0.378 e. The first-order valence-corrected chi connectivity index (χ1v) is 8.66. The first-order valence-electron chi connectivity index (χ1n) is 6.84. The fourth-order valence-corrected chi connectivity index (χ4v) is 4.05. The van der Waals surface area contributed by atoms with Crippen LogP contribution in [0.25, 0.3) is 0 Å². The van der Waals surface area contributed by atoms with Crippen LogP contribution in [0.5, 0.6) is 0 Å². The molecule has 120 valence electrons. The lowest BCUT2D eigenvalue weighted by atomic mass is 10.1. The minimum atomic E-state index is -3.08. The fraction of sp³-hybridized carbons (Fsp3) is 0.462. The molecule has 1 fully saturated rings. The van der Waals surface area contributed by atoms with Crippen molar-refractivity contribution in [3.05, 3.63) is 34.4 Å². The average Bonchev–Trinajstić information content (AvgIpc) is 2.84. The predicted molar refractivity (Wildman–Crippen MR) is 81.4 cm³/mol. The van der Waals surface area contributed by atoms with Gasteiger partial charge in [-0.1, -0.05) is 12.1 Å². The van der Waals surface area contributed by atoms with Crippen molar-refractivity contribution < 1.29 is 18.1 Å². The highest BCUT2D eigenvalue weighted by Crippen LogP contribution is 2.22. The molecule has 0 aliphatic carbocycles. The van der Waals surface area contributed by atoms with Gasteiger partial charge in [-0.25, -0.2) is 8.42 Å². The molecule has 0 unspecified atom stereocenters. The van der Waals surface area contributed by atoms with Gasteiger partial charge in [0.15, 0.2) is 9.84 Å². The van der Waals surface area contributed by atoms with Gasteiger partial charge in [-0.2, -0.15) is 0 Å². The van der Waals surface area contributed by atoms with Crippen molar-refractivity contribution in [2.45, 2.75) is 6.42 Å². The van der Waals surface area contributed by atoms with Crippen molar-refractivity contribution in [1.29, 1.82) is 0 Å². The minimum absolute atomic E-state index is 0.0317. The number of nitro benzene ring substituents is 1. The summed E-state index contributed by atoms with van der Waals surface area (Å²) in [4.78, 5) is 22.2. The molecule has 1 amide bonds. The van der Waals surface area contributed by atoms with Crippen LogP contribution >= 0.6 is 0 Å². The molecule has 0 bridgehead atoms. The van der Waals surface area contributed by atoms with Crippen LogP contribution in [-0.4, -0.2) is 43.8 Å². The molecule has 2 N–H and O–H groups in total. The van der Waals surface area contributed by atoms with Gasteiger partial charge in [-0.3, -0.25) is 14.9 Å². The summed E-state index contributed by atoms with van der Waals surface area (Å²) in [7, 11) is -3.08. The number of hydrogen-bond donors (Lipinski definition) is 2. The maximum absolute atomic E-state index is 11.8. The van der Waals surface area contributed by atoms with Crippen molar-refractivity contribution in [3.8, 4) is 0 Å². The fourth-order valence-electron chi connectivity index (χ4n) is 2.31. The average molecular weight is 327 g/mol. The number of nitrogens with zero attached hydrogens (tertiary/aromatic N) is 1. The summed E-state index contributed by atoms with van der Waals surface area (Å²) >= 11 is 0. The zero-order valence-electron chi connectivity index (χ0n) is 11.8. The second-order valence-corrected chi connectivity index (χ2v) is 7.32. The van der Waals surface area contributed by atoms with Crippen molar-refractivity contribution >= 4 is 27.1 Å². The van der Waals surface area contributed by atoms with Gasteiger partial charge in [0.25, 0.3) is 5.69 Å². The van der Waals surface area contributed by atoms with E-state index in [-0.39, 0.29) is 29.6 Å². The summed E-state index contributed by atoms with van der Waals surface area (Å²) in [6.45, 7) is 0.581. The van der Waals surface area contributed by atoms with Crippen LogP contribution < -0.4 is 10.6 Å². The van der Waals surface area contributed by atoms with Crippen LogP contribution in [0, 0.1) is 16.0 Å². The highest BCUT2D eigenvalue weighted by molar-refractivity contribution is 7.91. The Morgan fingerprint density at radius 2 is 2.05 bits per heavy atom. The van der Waals surface area contributed by atoms with Gasteiger partial charge in [-0.05, 0) is 12.5 Å². The van der Waals surface area contributed by atoms with Gasteiger partial charge in [0, 0.05) is 19.2 Å². The molecule has 1 aliphatic heterocycles. The molecule has 8 nitrogen and oxygen atoms in total. The van der Waals surface area contributed by atoms with E-state index in [0.717, 1.165) is 0 Å². The Kier molecular flexibility index (Phi) is 4.96. The van der Waals surface area contributed by atoms with Gasteiger partial charge >= 0.3 is 0 Å². The Morgan fingerprint density at radius 3 is 2.68 bits per heavy atom. The van der Waals surface area contributed by atoms with Crippen LogP contribution in [0.4, 0.5) is 11.4 Å². The Balaban J connectivity index is 1.78. The molecular formula is C13H17N3O5S. The SMILES string of the molecule is O=C(NCCNc1ccccc1[N+](=O)[O-])[C@@H]1CCS(=O)(=O)C1. The molecule has 0 spiro atoms. The zero-order valence-corrected chi connectivity index (χ0v) is 12.6. The molecule has 1 aromatic rings. The number of carbonyl (C=O) groups is 1. The van der Waals surface area contributed by atoms with Gasteiger partial charge < -0.3 is 10.6 Å². The van der Waals surface area contributed by atoms with Gasteiger partial charge in [0.2, 0.25) is 5.91 Å². The van der Waals surface area contributed by atoms with Gasteiger partial charge in [0.05, 0.1) is 22.3 Å². The van der Waals surface area contributed by atoms with Crippen molar-refractivity contribution in [2.24, 2.45) is 5.92 Å². The van der Waals surface area contributed by atoms with E-state index in [2.05, 4.69) is 10.6 Å². The Morgan fingerprint density at radius 1 is 1.32 bits per heavy atom. The van der Waals surface area contributed by atoms with Crippen LogP contribution in [0.2, 0.25) is 0 Å². The molecule has 0 aromatic heterocycles. The van der Waals surface area contributed by atoms with Crippen molar-refractivity contribution in [3.63, 3.8) is 0 Å². The lowest BCUT2D eigenvalue weighted by Crippen LogP contribution is -2.34. The Bertz CT molecular complexity index is 674. The van der Waals surface area contributed by atoms with E-state index in [9.17, 15) is 23.3 Å². The van der Waals surface area contributed by atoms with E-state index in [1.165, 1.54) is 6.07 Å². The van der Waals surface area contributed by atoms with Crippen LogP contribution in [0.15, 0.2) is 24.3 Å². The molecule has 1 aromatic carbocycles. The third kappa shape index (κ3) is 4.17. The third-order valence-corrected chi connectivity index (χ3v) is 5.21. The highest BCUT2D eigenvalue weighted by Gasteiger charge is 2.32. The number of sulfone groups is 1. The van der Waals surface area contributed by atoms with Crippen LogP contribution in [0.1, 0.15) is 6.42 Å². The standard InChI is InChI=1S/C13H17N3O5S/c17-13(10-5-8-22(20,21)9-10)15-7-6-14-11-3-1-2-4-12(11)16(18)19/h1-4,10,14H,5-9H2,(H,15,17)/t10-/m1/s1. The smallest absolute Gasteiger partial charge is 0.292 e. The number of carbonyl (C=O) groups excluding carboxylic acids is 1. The normalized spacial score (nSPS) is 19.5. The Labute approximate surface area is 128 Å². The van der Waals surface area contributed by atoms with E-state index in [1.54, 1.807) is 18.2 Å². The Hall–Kier alpha value is -2.16. The number of benzene rings is 1. The first kappa shape index (κ1) is 16.2. The second-order valence-electron chi connectivity index (χ2n) is 5.09. The molecule has 1 aliphatic rings. The molecule has 9 heteroatoms. The topological polar surface area (TPSA) is 118 Å². The van der Waals surface area contributed by atoms with Crippen LogP contribution in [0.3, 0.4) is 0 Å². The monoisotopic (exact) mass is 327 g/mol. The summed E-state index contributed by atoms with van der Waals surface area (Å²) in [6.07, 6.45) is 0.353. The van der Waals surface area contributed by atoms with E-state index < -0.39 is 20.7 Å². The van der Waals surface area contributed by atoms with E-state index in [4.69, 9.17) is 0 Å². The summed E-state index contributed by atoms with van der Waals surface area (Å²) < 4.78 is 22.6. The second kappa shape index (κ2) is 6.73. The predicted octanol–water partition coefficient (Wildman–Crippen LogP) is 0.558. The molecule has 0 saturated carbocycles. The lowest BCUT2D eigenvalue weighted by molar-refractivity contribution is -0.384. The molecular weight excluding hydrogens is 310 g/mol. The highest BCUT2D eigenvalue weighted by atomic mass is 32.2. The number of anilines is 1. The van der Waals surface area contributed by atoms with Gasteiger partial charge in [0.1, 0.15) is 5.69 Å². The summed E-state index contributed by atoms with van der Waals surface area (Å²) in [5.41, 5.74) is 0.348. The molecule has 1 saturated heterocycles. The first-order chi connectivity index (χ1) is 10.4. The van der Waals surface area contributed by atoms with E-state index in [0.29, 0.717) is 18.7 Å². The quantitative estimate of drug-likeness (QED) is 0.448. The van der Waals surface area contributed by atoms with Crippen molar-refractivity contribution in [1.82, 2.24) is 5.32 Å². The zero-order chi connectivity index (χ0) is 16.2. The number of rotatable bonds is 6. The summed E-state index contributed by atoms with van der Waals surface area (Å²) in [5, 5.41) is 16.4. The molecule has 0 radical (unpaired) electrons. The molecule has 1 heterocycles. The van der Waals surface area contributed by atoms with Crippen LogP contribution in [-0.2, 0) is 14.6 Å². The lowest BCUT2D eigenvalue weighted by Gasteiger charge is -2.10. The molecule has 22 heavy (non-hydrogen) atoms. The maximum Gasteiger partial charge on any atom is 0.292 e. The number of nitrogens with one attached hydrogen (secondary N) is 2.